The first kappa shape index (κ1) is 15.3. The molecule has 102 valence electrons. The van der Waals surface area contributed by atoms with Crippen LogP contribution in [0.15, 0.2) is 12.1 Å². The highest BCUT2D eigenvalue weighted by Crippen LogP contribution is 2.27. The maximum absolute atomic E-state index is 11.7. The Morgan fingerprint density at radius 3 is 2.63 bits per heavy atom. The van der Waals surface area contributed by atoms with E-state index in [0.29, 0.717) is 6.42 Å². The van der Waals surface area contributed by atoms with Crippen LogP contribution >= 0.6 is 11.6 Å². The highest BCUT2D eigenvalue weighted by molar-refractivity contribution is 7.92. The van der Waals surface area contributed by atoms with Gasteiger partial charge < -0.3 is 5.73 Å². The number of rotatable bonds is 5. The number of hydrogen-bond donors (Lipinski definition) is 2. The molecule has 0 heterocycles. The van der Waals surface area contributed by atoms with Crippen molar-refractivity contribution in [2.75, 3.05) is 10.5 Å². The molecule has 0 radical (unpaired) electrons. The van der Waals surface area contributed by atoms with Gasteiger partial charge in [-0.1, -0.05) is 18.5 Å². The number of hydrogen-bond acceptors (Lipinski definition) is 4. The fourth-order valence-corrected chi connectivity index (χ4v) is 2.90. The van der Waals surface area contributed by atoms with Gasteiger partial charge in [0.05, 0.1) is 27.6 Å². The van der Waals surface area contributed by atoms with Crippen molar-refractivity contribution >= 4 is 33.2 Å². The number of nitrogens with zero attached hydrogens (tertiary/aromatic N) is 1. The second-order valence-corrected chi connectivity index (χ2v) is 5.99. The molecule has 0 fully saturated rings. The number of benzene rings is 1. The quantitative estimate of drug-likeness (QED) is 0.857. The predicted octanol–water partition coefficient (Wildman–Crippen LogP) is 1.46. The van der Waals surface area contributed by atoms with Crippen LogP contribution in [0.5, 0.6) is 0 Å². The Morgan fingerprint density at radius 1 is 1.53 bits per heavy atom. The van der Waals surface area contributed by atoms with Crippen LogP contribution in [0.2, 0.25) is 5.02 Å². The molecule has 1 aromatic rings. The summed E-state index contributed by atoms with van der Waals surface area (Å²) in [5.74, 6) is -0.982. The largest absolute Gasteiger partial charge is 0.366 e. The number of primary amides is 1. The lowest BCUT2D eigenvalue weighted by Gasteiger charge is -2.11. The summed E-state index contributed by atoms with van der Waals surface area (Å²) in [5.41, 5.74) is 4.75. The van der Waals surface area contributed by atoms with Gasteiger partial charge in [0.1, 0.15) is 6.07 Å². The summed E-state index contributed by atoms with van der Waals surface area (Å²) in [6.07, 6.45) is 0.424. The maximum atomic E-state index is 11.7. The molecule has 8 heteroatoms. The first-order chi connectivity index (χ1) is 8.82. The van der Waals surface area contributed by atoms with Crippen LogP contribution in [0.25, 0.3) is 0 Å². The molecule has 0 saturated carbocycles. The Morgan fingerprint density at radius 2 is 2.16 bits per heavy atom. The van der Waals surface area contributed by atoms with E-state index in [9.17, 15) is 13.2 Å². The number of carbonyl (C=O) groups is 1. The molecule has 1 amide bonds. The van der Waals surface area contributed by atoms with Crippen LogP contribution in [0.4, 0.5) is 5.69 Å². The van der Waals surface area contributed by atoms with Crippen molar-refractivity contribution in [2.45, 2.75) is 13.3 Å². The number of sulfonamides is 1. The molecular formula is C11H12ClN3O3S. The van der Waals surface area contributed by atoms with Crippen molar-refractivity contribution < 1.29 is 13.2 Å². The average Bonchev–Trinajstić information content (AvgIpc) is 2.29. The van der Waals surface area contributed by atoms with E-state index in [-0.39, 0.29) is 27.6 Å². The van der Waals surface area contributed by atoms with Crippen LogP contribution in [-0.2, 0) is 10.0 Å². The van der Waals surface area contributed by atoms with Crippen molar-refractivity contribution in [3.8, 4) is 6.07 Å². The second-order valence-electron chi connectivity index (χ2n) is 3.74. The molecule has 3 N–H and O–H groups in total. The second kappa shape index (κ2) is 5.91. The first-order valence-corrected chi connectivity index (χ1v) is 7.38. The van der Waals surface area contributed by atoms with Gasteiger partial charge in [-0.15, -0.1) is 0 Å². The number of nitrogens with one attached hydrogen (secondary N) is 1. The molecule has 0 saturated heterocycles. The summed E-state index contributed by atoms with van der Waals surface area (Å²) in [4.78, 5) is 11.3. The molecule has 0 aliphatic carbocycles. The Bertz CT molecular complexity index is 650. The number of anilines is 1. The minimum atomic E-state index is -3.57. The zero-order valence-corrected chi connectivity index (χ0v) is 11.7. The average molecular weight is 302 g/mol. The molecule has 0 aliphatic rings. The standard InChI is InChI=1S/C11H12ClN3O3S/c1-2-5-19(17,18)15-9-4-3-8(12)10(11(14)16)7(9)6-13/h3-4,15H,2,5H2,1H3,(H2,14,16). The van der Waals surface area contributed by atoms with Gasteiger partial charge >= 0.3 is 0 Å². The summed E-state index contributed by atoms with van der Waals surface area (Å²) in [6, 6.07) is 4.37. The minimum absolute atomic E-state index is 0.00231. The number of nitriles is 1. The van der Waals surface area contributed by atoms with Gasteiger partial charge in [-0.2, -0.15) is 5.26 Å². The summed E-state index contributed by atoms with van der Waals surface area (Å²) < 4.78 is 25.6. The third-order valence-electron chi connectivity index (χ3n) is 2.25. The van der Waals surface area contributed by atoms with Crippen molar-refractivity contribution in [2.24, 2.45) is 5.73 Å². The molecule has 0 aliphatic heterocycles. The molecule has 6 nitrogen and oxygen atoms in total. The smallest absolute Gasteiger partial charge is 0.251 e. The third-order valence-corrected chi connectivity index (χ3v) is 4.04. The van der Waals surface area contributed by atoms with Gasteiger partial charge in [0.15, 0.2) is 0 Å². The first-order valence-electron chi connectivity index (χ1n) is 5.35. The van der Waals surface area contributed by atoms with Crippen molar-refractivity contribution in [1.29, 1.82) is 5.26 Å². The van der Waals surface area contributed by atoms with E-state index in [0.717, 1.165) is 0 Å². The van der Waals surface area contributed by atoms with E-state index >= 15 is 0 Å². The summed E-state index contributed by atoms with van der Waals surface area (Å²) >= 11 is 5.78. The normalized spacial score (nSPS) is 10.8. The monoisotopic (exact) mass is 301 g/mol. The summed E-state index contributed by atoms with van der Waals surface area (Å²) in [7, 11) is -3.57. The lowest BCUT2D eigenvalue weighted by Crippen LogP contribution is -2.19. The summed E-state index contributed by atoms with van der Waals surface area (Å²) in [5, 5.41) is 9.05. The van der Waals surface area contributed by atoms with Crippen LogP contribution < -0.4 is 10.5 Å². The highest BCUT2D eigenvalue weighted by Gasteiger charge is 2.19. The van der Waals surface area contributed by atoms with Gasteiger partial charge in [-0.05, 0) is 18.6 Å². The van der Waals surface area contributed by atoms with E-state index < -0.39 is 15.9 Å². The lowest BCUT2D eigenvalue weighted by atomic mass is 10.1. The Kier molecular flexibility index (Phi) is 4.75. The molecule has 19 heavy (non-hydrogen) atoms. The molecule has 0 aromatic heterocycles. The molecular weight excluding hydrogens is 290 g/mol. The van der Waals surface area contributed by atoms with E-state index in [1.807, 2.05) is 0 Å². The van der Waals surface area contributed by atoms with Gasteiger partial charge in [-0.3, -0.25) is 9.52 Å². The van der Waals surface area contributed by atoms with E-state index in [4.69, 9.17) is 22.6 Å². The van der Waals surface area contributed by atoms with Gasteiger partial charge in [-0.25, -0.2) is 8.42 Å². The predicted molar refractivity (Wildman–Crippen MR) is 72.4 cm³/mol. The number of halogens is 1. The lowest BCUT2D eigenvalue weighted by molar-refractivity contribution is 0.1000. The molecule has 0 unspecified atom stereocenters. The topological polar surface area (TPSA) is 113 Å². The molecule has 0 atom stereocenters. The summed E-state index contributed by atoms with van der Waals surface area (Å²) in [6.45, 7) is 1.71. The fraction of sp³-hybridized carbons (Fsp3) is 0.273. The van der Waals surface area contributed by atoms with Crippen LogP contribution in [0, 0.1) is 11.3 Å². The van der Waals surface area contributed by atoms with Crippen molar-refractivity contribution in [1.82, 2.24) is 0 Å². The Hall–Kier alpha value is -1.78. The molecule has 0 spiro atoms. The van der Waals surface area contributed by atoms with Crippen molar-refractivity contribution in [3.05, 3.63) is 28.3 Å². The van der Waals surface area contributed by atoms with Crippen LogP contribution in [-0.4, -0.2) is 20.1 Å². The number of nitrogens with two attached hydrogens (primary N) is 1. The zero-order valence-electron chi connectivity index (χ0n) is 10.1. The van der Waals surface area contributed by atoms with E-state index in [1.165, 1.54) is 12.1 Å². The molecule has 1 aromatic carbocycles. The van der Waals surface area contributed by atoms with Gasteiger partial charge in [0, 0.05) is 0 Å². The Balaban J connectivity index is 3.36. The zero-order chi connectivity index (χ0) is 14.6. The number of carbonyl (C=O) groups excluding carboxylic acids is 1. The van der Waals surface area contributed by atoms with Gasteiger partial charge in [0.25, 0.3) is 5.91 Å². The van der Waals surface area contributed by atoms with E-state index in [2.05, 4.69) is 4.72 Å². The minimum Gasteiger partial charge on any atom is -0.366 e. The third kappa shape index (κ3) is 3.59. The van der Waals surface area contributed by atoms with Gasteiger partial charge in [0.2, 0.25) is 10.0 Å². The maximum Gasteiger partial charge on any atom is 0.251 e. The SMILES string of the molecule is CCCS(=O)(=O)Nc1ccc(Cl)c(C(N)=O)c1C#N. The van der Waals surface area contributed by atoms with Crippen LogP contribution in [0.1, 0.15) is 29.3 Å². The Labute approximate surface area is 116 Å². The molecule has 1 rings (SSSR count). The molecule has 0 bridgehead atoms. The van der Waals surface area contributed by atoms with Crippen molar-refractivity contribution in [3.63, 3.8) is 0 Å². The highest BCUT2D eigenvalue weighted by atomic mass is 35.5. The van der Waals surface area contributed by atoms with Crippen LogP contribution in [0.3, 0.4) is 0 Å². The van der Waals surface area contributed by atoms with E-state index in [1.54, 1.807) is 13.0 Å². The fourth-order valence-electron chi connectivity index (χ4n) is 1.51. The number of amides is 1.